The predicted octanol–water partition coefficient (Wildman–Crippen LogP) is 13.4. The summed E-state index contributed by atoms with van der Waals surface area (Å²) in [5.74, 6) is 1.95. The lowest BCUT2D eigenvalue weighted by Gasteiger charge is -2.19. The third kappa shape index (κ3) is 7.76. The average molecular weight is 692 g/mol. The van der Waals surface area contributed by atoms with Crippen LogP contribution in [0, 0.1) is 20.8 Å². The van der Waals surface area contributed by atoms with E-state index >= 15 is 0 Å². The van der Waals surface area contributed by atoms with Crippen LogP contribution in [0.25, 0.3) is 67.5 Å². The zero-order valence-electron chi connectivity index (χ0n) is 32.5. The number of rotatable bonds is 6. The van der Waals surface area contributed by atoms with Gasteiger partial charge in [0.1, 0.15) is 0 Å². The molecule has 0 saturated carbocycles. The molecule has 7 rings (SSSR count). The quantitative estimate of drug-likeness (QED) is 0.174. The average Bonchev–Trinajstić information content (AvgIpc) is 3.16. The molecule has 1 heterocycles. The summed E-state index contributed by atoms with van der Waals surface area (Å²) in [6.45, 7) is 20.0. The summed E-state index contributed by atoms with van der Waals surface area (Å²) in [6.07, 6.45) is 0. The van der Waals surface area contributed by atoms with Crippen molar-refractivity contribution < 1.29 is 0 Å². The maximum absolute atomic E-state index is 5.05. The third-order valence-corrected chi connectivity index (χ3v) is 10.5. The Bertz CT molecular complexity index is 2230. The van der Waals surface area contributed by atoms with Gasteiger partial charge in [-0.2, -0.15) is 0 Å². The monoisotopic (exact) mass is 691 g/mol. The largest absolute Gasteiger partial charge is 0.208 e. The second kappa shape index (κ2) is 14.0. The Balaban J connectivity index is 1.25. The fourth-order valence-corrected chi connectivity index (χ4v) is 6.73. The van der Waals surface area contributed by atoms with Crippen molar-refractivity contribution in [3.05, 3.63) is 161 Å². The van der Waals surface area contributed by atoms with Gasteiger partial charge in [0.25, 0.3) is 0 Å². The number of benzene rings is 6. The molecule has 0 atom stereocenters. The topological polar surface area (TPSA) is 38.7 Å². The minimum atomic E-state index is 0.119. The van der Waals surface area contributed by atoms with Crippen LogP contribution in [-0.4, -0.2) is 15.0 Å². The highest BCUT2D eigenvalue weighted by atomic mass is 15.0. The van der Waals surface area contributed by atoms with Crippen LogP contribution in [-0.2, 0) is 10.8 Å². The van der Waals surface area contributed by atoms with Crippen LogP contribution in [0.3, 0.4) is 0 Å². The van der Waals surface area contributed by atoms with Crippen molar-refractivity contribution in [2.75, 3.05) is 0 Å². The first-order chi connectivity index (χ1) is 25.2. The van der Waals surface area contributed by atoms with E-state index in [1.54, 1.807) is 0 Å². The van der Waals surface area contributed by atoms with E-state index in [-0.39, 0.29) is 10.8 Å². The van der Waals surface area contributed by atoms with E-state index in [1.807, 2.05) is 0 Å². The van der Waals surface area contributed by atoms with Crippen molar-refractivity contribution >= 4 is 0 Å². The Morgan fingerprint density at radius 2 is 0.528 bits per heavy atom. The third-order valence-electron chi connectivity index (χ3n) is 10.5. The molecule has 1 aromatic heterocycles. The van der Waals surface area contributed by atoms with Crippen molar-refractivity contribution in [1.29, 1.82) is 0 Å². The van der Waals surface area contributed by atoms with Crippen molar-refractivity contribution in [1.82, 2.24) is 15.0 Å². The number of hydrogen-bond acceptors (Lipinski definition) is 3. The SMILES string of the molecule is Cc1cc(-c2ccc(-c3nc(-c4ccc(-c5ccc(C(C)(C)C)cc5)cc4)nc(-c4ccc(-c5ccc(C(C)(C)C)cc5)cc4)n3)cc2)cc(C)c1C. The van der Waals surface area contributed by atoms with E-state index in [9.17, 15) is 0 Å². The van der Waals surface area contributed by atoms with Crippen molar-refractivity contribution in [3.8, 4) is 67.5 Å². The molecule has 0 spiro atoms. The minimum Gasteiger partial charge on any atom is -0.208 e. The molecule has 53 heavy (non-hydrogen) atoms. The second-order valence-corrected chi connectivity index (χ2v) is 16.4. The molecule has 0 aliphatic rings. The van der Waals surface area contributed by atoms with Crippen LogP contribution in [0.4, 0.5) is 0 Å². The van der Waals surface area contributed by atoms with Gasteiger partial charge < -0.3 is 0 Å². The lowest BCUT2D eigenvalue weighted by atomic mass is 9.86. The van der Waals surface area contributed by atoms with Gasteiger partial charge in [-0.1, -0.05) is 175 Å². The normalized spacial score (nSPS) is 11.9. The Kier molecular flexibility index (Phi) is 9.47. The van der Waals surface area contributed by atoms with Gasteiger partial charge in [-0.25, -0.2) is 15.0 Å². The van der Waals surface area contributed by atoms with Gasteiger partial charge in [-0.05, 0) is 92.8 Å². The molecule has 7 aromatic rings. The molecular weight excluding hydrogens is 643 g/mol. The number of hydrogen-bond donors (Lipinski definition) is 0. The van der Waals surface area contributed by atoms with Gasteiger partial charge in [-0.15, -0.1) is 0 Å². The fourth-order valence-electron chi connectivity index (χ4n) is 6.73. The Morgan fingerprint density at radius 3 is 0.792 bits per heavy atom. The van der Waals surface area contributed by atoms with Gasteiger partial charge in [-0.3, -0.25) is 0 Å². The first-order valence-electron chi connectivity index (χ1n) is 18.6. The lowest BCUT2D eigenvalue weighted by Crippen LogP contribution is -2.10. The highest BCUT2D eigenvalue weighted by Crippen LogP contribution is 2.32. The molecule has 0 aliphatic heterocycles. The first kappa shape index (κ1) is 35.7. The molecule has 6 aromatic carbocycles. The van der Waals surface area contributed by atoms with Crippen LogP contribution in [0.5, 0.6) is 0 Å². The number of nitrogens with zero attached hydrogens (tertiary/aromatic N) is 3. The maximum atomic E-state index is 5.05. The van der Waals surface area contributed by atoms with Crippen LogP contribution in [0.15, 0.2) is 133 Å². The summed E-state index contributed by atoms with van der Waals surface area (Å²) in [5, 5.41) is 0. The number of aryl methyl sites for hydroxylation is 2. The predicted molar refractivity (Wildman–Crippen MR) is 224 cm³/mol. The molecule has 0 unspecified atom stereocenters. The van der Waals surface area contributed by atoms with E-state index in [1.165, 1.54) is 50.1 Å². The molecule has 0 aliphatic carbocycles. The van der Waals surface area contributed by atoms with Crippen LogP contribution < -0.4 is 0 Å². The maximum Gasteiger partial charge on any atom is 0.164 e. The zero-order valence-corrected chi connectivity index (χ0v) is 32.5. The Hall–Kier alpha value is -5.67. The van der Waals surface area contributed by atoms with E-state index in [2.05, 4.69) is 196 Å². The van der Waals surface area contributed by atoms with Crippen molar-refractivity contribution in [3.63, 3.8) is 0 Å². The molecule has 3 nitrogen and oxygen atoms in total. The van der Waals surface area contributed by atoms with Gasteiger partial charge in [0.2, 0.25) is 0 Å². The molecule has 0 saturated heterocycles. The molecular formula is C50H49N3. The zero-order chi connectivity index (χ0) is 37.5. The summed E-state index contributed by atoms with van der Waals surface area (Å²) in [6, 6.07) is 48.0. The summed E-state index contributed by atoms with van der Waals surface area (Å²) < 4.78 is 0. The lowest BCUT2D eigenvalue weighted by molar-refractivity contribution is 0.590. The van der Waals surface area contributed by atoms with Crippen molar-refractivity contribution in [2.45, 2.75) is 73.1 Å². The van der Waals surface area contributed by atoms with E-state index < -0.39 is 0 Å². The molecule has 264 valence electrons. The van der Waals surface area contributed by atoms with Gasteiger partial charge >= 0.3 is 0 Å². The summed E-state index contributed by atoms with van der Waals surface area (Å²) in [7, 11) is 0. The standard InChI is InChI=1S/C50H49N3/c1-32-30-43(31-33(2)34(32)3)39-14-20-42(21-15-39)48-52-46(40-16-10-35(11-17-40)37-22-26-44(27-23-37)49(4,5)6)51-47(53-48)41-18-12-36(13-19-41)38-24-28-45(29-25-38)50(7,8)9/h10-31H,1-9H3. The highest BCUT2D eigenvalue weighted by Gasteiger charge is 2.16. The summed E-state index contributed by atoms with van der Waals surface area (Å²) in [4.78, 5) is 15.2. The first-order valence-corrected chi connectivity index (χ1v) is 18.6. The van der Waals surface area contributed by atoms with E-state index in [0.29, 0.717) is 17.5 Å². The molecule has 0 fully saturated rings. The van der Waals surface area contributed by atoms with Gasteiger partial charge in [0.15, 0.2) is 17.5 Å². The summed E-state index contributed by atoms with van der Waals surface area (Å²) >= 11 is 0. The molecule has 0 bridgehead atoms. The smallest absolute Gasteiger partial charge is 0.164 e. The minimum absolute atomic E-state index is 0.119. The molecule has 3 heteroatoms. The Labute approximate surface area is 315 Å². The molecule has 0 N–H and O–H groups in total. The fraction of sp³-hybridized carbons (Fsp3) is 0.220. The Morgan fingerprint density at radius 1 is 0.302 bits per heavy atom. The summed E-state index contributed by atoms with van der Waals surface area (Å²) in [5.41, 5.74) is 16.8. The van der Waals surface area contributed by atoms with E-state index in [0.717, 1.165) is 27.8 Å². The highest BCUT2D eigenvalue weighted by molar-refractivity contribution is 5.74. The molecule has 0 radical (unpaired) electrons. The van der Waals surface area contributed by atoms with E-state index in [4.69, 9.17) is 15.0 Å². The van der Waals surface area contributed by atoms with Crippen LogP contribution >= 0.6 is 0 Å². The van der Waals surface area contributed by atoms with Gasteiger partial charge in [0, 0.05) is 16.7 Å². The van der Waals surface area contributed by atoms with Crippen LogP contribution in [0.1, 0.15) is 69.4 Å². The molecule has 0 amide bonds. The number of aromatic nitrogens is 3. The van der Waals surface area contributed by atoms with Crippen molar-refractivity contribution in [2.24, 2.45) is 0 Å². The van der Waals surface area contributed by atoms with Crippen LogP contribution in [0.2, 0.25) is 0 Å². The van der Waals surface area contributed by atoms with Gasteiger partial charge in [0.05, 0.1) is 0 Å². The second-order valence-electron chi connectivity index (χ2n) is 16.4.